The molecular weight excluding hydrogens is 592 g/mol. The van der Waals surface area contributed by atoms with E-state index in [1.165, 1.54) is 5.56 Å². The van der Waals surface area contributed by atoms with E-state index in [0.717, 1.165) is 52.1 Å². The first-order valence-electron chi connectivity index (χ1n) is 16.2. The van der Waals surface area contributed by atoms with Crippen molar-refractivity contribution in [1.29, 1.82) is 0 Å². The Balaban J connectivity index is 1.08. The fraction of sp³-hybridized carbons (Fsp3) is 0.316. The highest BCUT2D eigenvalue weighted by molar-refractivity contribution is 5.96. The third kappa shape index (κ3) is 7.30. The van der Waals surface area contributed by atoms with Gasteiger partial charge in [0.15, 0.2) is 0 Å². The smallest absolute Gasteiger partial charge is 0.310 e. The number of ether oxygens (including phenoxy) is 1. The summed E-state index contributed by atoms with van der Waals surface area (Å²) in [5, 5.41) is 16.7. The summed E-state index contributed by atoms with van der Waals surface area (Å²) in [6, 6.07) is 19.2. The number of carbonyl (C=O) groups excluding carboxylic acids is 2. The van der Waals surface area contributed by atoms with Crippen molar-refractivity contribution in [2.75, 3.05) is 18.1 Å². The predicted octanol–water partition coefficient (Wildman–Crippen LogP) is 6.11. The molecule has 0 bridgehead atoms. The first kappa shape index (κ1) is 31.8. The number of aryl methyl sites for hydroxylation is 1. The summed E-state index contributed by atoms with van der Waals surface area (Å²) < 4.78 is 7.83. The minimum atomic E-state index is -0.883. The van der Waals surface area contributed by atoms with Gasteiger partial charge in [0.2, 0.25) is 5.91 Å². The molecule has 6 rings (SSSR count). The molecule has 2 amide bonds. The van der Waals surface area contributed by atoms with Gasteiger partial charge in [-0.3, -0.25) is 19.1 Å². The van der Waals surface area contributed by atoms with Crippen molar-refractivity contribution in [3.05, 3.63) is 113 Å². The van der Waals surface area contributed by atoms with Crippen LogP contribution >= 0.6 is 0 Å². The average molecular weight is 633 g/mol. The fourth-order valence-electron chi connectivity index (χ4n) is 6.40. The zero-order valence-electron chi connectivity index (χ0n) is 26.8. The summed E-state index contributed by atoms with van der Waals surface area (Å²) in [6.45, 7) is 5.80. The number of hydrogen-bond donors (Lipinski definition) is 2. The first-order valence-corrected chi connectivity index (χ1v) is 16.2. The number of hydrogen-bond acceptors (Lipinski definition) is 5. The second-order valence-corrected chi connectivity index (χ2v) is 12.4. The molecule has 2 atom stereocenters. The maximum absolute atomic E-state index is 13.4. The van der Waals surface area contributed by atoms with Gasteiger partial charge in [-0.25, -0.2) is 0 Å². The standard InChI is InChI=1S/C38H40N4O5/c1-25-8-3-14-35(26(25)2)47-19-7-15-36(43)42-18-6-12-33-32(11-5-13-34(33)42)30-22-39-41(24-30)23-27-9-4-10-28(20-27)37(44)40-31-17-16-29(21-31)38(45)46/h3-5,8-11,13-14,16-17,20,22,24,29,31H,6-7,12,15,18-19,21,23H2,1-2H3,(H,40,44)(H,45,46). The number of fused-ring (bicyclic) bond motifs is 1. The van der Waals surface area contributed by atoms with Crippen LogP contribution in [-0.4, -0.2) is 51.9 Å². The quantitative estimate of drug-likeness (QED) is 0.152. The summed E-state index contributed by atoms with van der Waals surface area (Å²) in [6.07, 6.45) is 10.4. The van der Waals surface area contributed by atoms with Crippen LogP contribution in [0.4, 0.5) is 5.69 Å². The van der Waals surface area contributed by atoms with Crippen molar-refractivity contribution >= 4 is 23.5 Å². The van der Waals surface area contributed by atoms with E-state index in [9.17, 15) is 19.5 Å². The lowest BCUT2D eigenvalue weighted by Crippen LogP contribution is -2.35. The predicted molar refractivity (Wildman–Crippen MR) is 181 cm³/mol. The van der Waals surface area contributed by atoms with Crippen molar-refractivity contribution in [1.82, 2.24) is 15.1 Å². The third-order valence-corrected chi connectivity index (χ3v) is 9.09. The number of carboxylic acids is 1. The highest BCUT2D eigenvalue weighted by Gasteiger charge is 2.26. The van der Waals surface area contributed by atoms with E-state index >= 15 is 0 Å². The lowest BCUT2D eigenvalue weighted by atomic mass is 9.93. The van der Waals surface area contributed by atoms with Crippen molar-refractivity contribution in [3.8, 4) is 16.9 Å². The van der Waals surface area contributed by atoms with Crippen molar-refractivity contribution in [3.63, 3.8) is 0 Å². The van der Waals surface area contributed by atoms with Crippen LogP contribution < -0.4 is 15.0 Å². The molecule has 4 aromatic rings. The summed E-state index contributed by atoms with van der Waals surface area (Å²) in [7, 11) is 0. The zero-order valence-corrected chi connectivity index (χ0v) is 26.8. The van der Waals surface area contributed by atoms with E-state index in [2.05, 4.69) is 36.4 Å². The Morgan fingerprint density at radius 1 is 1.04 bits per heavy atom. The second kappa shape index (κ2) is 14.1. The molecule has 2 N–H and O–H groups in total. The number of nitrogens with one attached hydrogen (secondary N) is 1. The molecule has 3 aromatic carbocycles. The Hall–Kier alpha value is -5.18. The third-order valence-electron chi connectivity index (χ3n) is 9.09. The van der Waals surface area contributed by atoms with Gasteiger partial charge in [0, 0.05) is 42.0 Å². The number of rotatable bonds is 11. The fourth-order valence-corrected chi connectivity index (χ4v) is 6.40. The summed E-state index contributed by atoms with van der Waals surface area (Å²) in [5.74, 6) is -0.710. The van der Waals surface area contributed by atoms with E-state index in [0.29, 0.717) is 44.5 Å². The van der Waals surface area contributed by atoms with Crippen LogP contribution in [0.5, 0.6) is 5.75 Å². The molecule has 9 nitrogen and oxygen atoms in total. The van der Waals surface area contributed by atoms with Crippen LogP contribution in [-0.2, 0) is 22.6 Å². The number of anilines is 1. The number of carbonyl (C=O) groups is 3. The SMILES string of the molecule is Cc1cccc(OCCCC(=O)N2CCCc3c(-c4cnn(Cc5cccc(C(=O)NC6C=CC(C(=O)O)C6)c5)c4)cccc32)c1C. The molecule has 0 saturated carbocycles. The minimum absolute atomic E-state index is 0.109. The van der Waals surface area contributed by atoms with Gasteiger partial charge in [-0.15, -0.1) is 0 Å². The number of aliphatic carboxylic acids is 1. The Bertz CT molecular complexity index is 1830. The maximum atomic E-state index is 13.4. The molecule has 2 heterocycles. The second-order valence-electron chi connectivity index (χ2n) is 12.4. The number of aromatic nitrogens is 2. The monoisotopic (exact) mass is 632 g/mol. The van der Waals surface area contributed by atoms with Gasteiger partial charge in [0.1, 0.15) is 5.75 Å². The molecule has 1 aliphatic carbocycles. The van der Waals surface area contributed by atoms with Gasteiger partial charge < -0.3 is 20.1 Å². The molecule has 1 aromatic heterocycles. The van der Waals surface area contributed by atoms with Crippen LogP contribution in [0.15, 0.2) is 85.2 Å². The Kier molecular flexibility index (Phi) is 9.52. The molecular formula is C38H40N4O5. The van der Waals surface area contributed by atoms with E-state index in [1.807, 2.05) is 64.4 Å². The van der Waals surface area contributed by atoms with Gasteiger partial charge in [-0.2, -0.15) is 5.10 Å². The largest absolute Gasteiger partial charge is 0.493 e. The van der Waals surface area contributed by atoms with Gasteiger partial charge in [0.25, 0.3) is 5.91 Å². The molecule has 2 unspecified atom stereocenters. The molecule has 1 aliphatic heterocycles. The van der Waals surface area contributed by atoms with Gasteiger partial charge in [0.05, 0.1) is 25.3 Å². The maximum Gasteiger partial charge on any atom is 0.310 e. The molecule has 9 heteroatoms. The highest BCUT2D eigenvalue weighted by atomic mass is 16.5. The van der Waals surface area contributed by atoms with E-state index in [4.69, 9.17) is 4.74 Å². The molecule has 0 radical (unpaired) electrons. The van der Waals surface area contributed by atoms with Crippen molar-refractivity contribution < 1.29 is 24.2 Å². The topological polar surface area (TPSA) is 114 Å². The number of nitrogens with zero attached hydrogens (tertiary/aromatic N) is 3. The first-order chi connectivity index (χ1) is 22.8. The normalized spacial score (nSPS) is 16.9. The summed E-state index contributed by atoms with van der Waals surface area (Å²) in [4.78, 5) is 39.4. The Labute approximate surface area is 274 Å². The number of benzene rings is 3. The summed E-state index contributed by atoms with van der Waals surface area (Å²) >= 11 is 0. The Morgan fingerprint density at radius 3 is 2.70 bits per heavy atom. The van der Waals surface area contributed by atoms with E-state index < -0.39 is 11.9 Å². The molecule has 242 valence electrons. The summed E-state index contributed by atoms with van der Waals surface area (Å²) in [5.41, 5.74) is 7.93. The van der Waals surface area contributed by atoms with E-state index in [1.54, 1.807) is 18.2 Å². The molecule has 0 spiro atoms. The minimum Gasteiger partial charge on any atom is -0.493 e. The molecule has 0 fully saturated rings. The lowest BCUT2D eigenvalue weighted by molar-refractivity contribution is -0.140. The highest BCUT2D eigenvalue weighted by Crippen LogP contribution is 2.36. The van der Waals surface area contributed by atoms with Gasteiger partial charge in [-0.1, -0.05) is 48.6 Å². The molecule has 0 saturated heterocycles. The zero-order chi connectivity index (χ0) is 32.9. The van der Waals surface area contributed by atoms with Crippen LogP contribution in [0.3, 0.4) is 0 Å². The Morgan fingerprint density at radius 2 is 1.87 bits per heavy atom. The lowest BCUT2D eigenvalue weighted by Gasteiger charge is -2.31. The average Bonchev–Trinajstić information content (AvgIpc) is 3.74. The van der Waals surface area contributed by atoms with Gasteiger partial charge >= 0.3 is 5.97 Å². The molecule has 2 aliphatic rings. The van der Waals surface area contributed by atoms with E-state index in [-0.39, 0.29) is 17.9 Å². The van der Waals surface area contributed by atoms with Crippen LogP contribution in [0.1, 0.15) is 58.3 Å². The van der Waals surface area contributed by atoms with Crippen LogP contribution in [0, 0.1) is 19.8 Å². The number of carboxylic acid groups (broad SMARTS) is 1. The van der Waals surface area contributed by atoms with Crippen molar-refractivity contribution in [2.24, 2.45) is 5.92 Å². The number of amides is 2. The molecule has 47 heavy (non-hydrogen) atoms. The van der Waals surface area contributed by atoms with Crippen molar-refractivity contribution in [2.45, 2.75) is 58.5 Å². The van der Waals surface area contributed by atoms with Crippen LogP contribution in [0.25, 0.3) is 11.1 Å². The van der Waals surface area contributed by atoms with Crippen LogP contribution in [0.2, 0.25) is 0 Å². The van der Waals surface area contributed by atoms with Gasteiger partial charge in [-0.05, 0) is 91.6 Å².